The molecule has 0 saturated heterocycles. The van der Waals surface area contributed by atoms with Crippen molar-refractivity contribution in [1.29, 1.82) is 0 Å². The minimum absolute atomic E-state index is 0.0602. The van der Waals surface area contributed by atoms with Crippen molar-refractivity contribution in [3.05, 3.63) is 12.4 Å². The average molecular weight is 141 g/mol. The first-order valence-electron chi connectivity index (χ1n) is 3.05. The molecule has 10 heavy (non-hydrogen) atoms. The molecule has 4 heteroatoms. The van der Waals surface area contributed by atoms with Gasteiger partial charge in [-0.3, -0.25) is 0 Å². The maximum Gasteiger partial charge on any atom is 0.140 e. The monoisotopic (exact) mass is 141 g/mol. The number of rotatable bonds is 1. The van der Waals surface area contributed by atoms with Gasteiger partial charge in [0.1, 0.15) is 6.17 Å². The van der Waals surface area contributed by atoms with Crippen LogP contribution in [-0.2, 0) is 0 Å². The molecule has 1 aliphatic heterocycles. The van der Waals surface area contributed by atoms with Gasteiger partial charge in [0.05, 0.1) is 6.21 Å². The predicted octanol–water partition coefficient (Wildman–Crippen LogP) is 0.121. The fourth-order valence-electron chi connectivity index (χ4n) is 0.944. The summed E-state index contributed by atoms with van der Waals surface area (Å²) >= 11 is 0. The van der Waals surface area contributed by atoms with Crippen molar-refractivity contribution in [1.82, 2.24) is 9.80 Å². The molecule has 0 aromatic rings. The summed E-state index contributed by atoms with van der Waals surface area (Å²) in [5, 5.41) is 11.2. The molecule has 0 spiro atoms. The van der Waals surface area contributed by atoms with E-state index in [1.54, 1.807) is 0 Å². The van der Waals surface area contributed by atoms with Gasteiger partial charge in [-0.15, -0.1) is 0 Å². The van der Waals surface area contributed by atoms with E-state index in [2.05, 4.69) is 5.16 Å². The Bertz CT molecular complexity index is 154. The number of hydrogen-bond acceptors (Lipinski definition) is 4. The number of oxime groups is 1. The Morgan fingerprint density at radius 2 is 1.90 bits per heavy atom. The molecule has 0 unspecified atom stereocenters. The van der Waals surface area contributed by atoms with Crippen molar-refractivity contribution >= 4 is 6.21 Å². The Kier molecular flexibility index (Phi) is 1.80. The van der Waals surface area contributed by atoms with Crippen molar-refractivity contribution in [3.63, 3.8) is 0 Å². The van der Waals surface area contributed by atoms with Crippen LogP contribution in [0.4, 0.5) is 0 Å². The quantitative estimate of drug-likeness (QED) is 0.320. The minimum atomic E-state index is 0.0602. The normalized spacial score (nSPS) is 19.8. The summed E-state index contributed by atoms with van der Waals surface area (Å²) in [6.45, 7) is 0. The van der Waals surface area contributed by atoms with Crippen LogP contribution >= 0.6 is 0 Å². The molecule has 0 atom stereocenters. The summed E-state index contributed by atoms with van der Waals surface area (Å²) in [4.78, 5) is 3.89. The van der Waals surface area contributed by atoms with Crippen LogP contribution in [0, 0.1) is 0 Å². The molecular formula is C6H11N3O. The molecule has 0 aromatic carbocycles. The molecular weight excluding hydrogens is 130 g/mol. The zero-order chi connectivity index (χ0) is 7.56. The Morgan fingerprint density at radius 3 is 2.30 bits per heavy atom. The van der Waals surface area contributed by atoms with Gasteiger partial charge in [-0.25, -0.2) is 0 Å². The van der Waals surface area contributed by atoms with Gasteiger partial charge in [-0.2, -0.15) is 0 Å². The zero-order valence-corrected chi connectivity index (χ0v) is 6.10. The highest BCUT2D eigenvalue weighted by atomic mass is 16.4. The summed E-state index contributed by atoms with van der Waals surface area (Å²) in [5.74, 6) is 0. The number of hydrogen-bond donors (Lipinski definition) is 1. The summed E-state index contributed by atoms with van der Waals surface area (Å²) < 4.78 is 0. The summed E-state index contributed by atoms with van der Waals surface area (Å²) in [6.07, 6.45) is 5.38. The minimum Gasteiger partial charge on any atom is -0.411 e. The fraction of sp³-hybridized carbons (Fsp3) is 0.500. The lowest BCUT2D eigenvalue weighted by molar-refractivity contribution is 0.265. The fourth-order valence-corrected chi connectivity index (χ4v) is 0.944. The van der Waals surface area contributed by atoms with Gasteiger partial charge in [0.2, 0.25) is 0 Å². The van der Waals surface area contributed by atoms with Crippen molar-refractivity contribution < 1.29 is 5.21 Å². The highest BCUT2D eigenvalue weighted by Crippen LogP contribution is 2.08. The highest BCUT2D eigenvalue weighted by Gasteiger charge is 2.17. The third-order valence-electron chi connectivity index (χ3n) is 1.57. The summed E-state index contributed by atoms with van der Waals surface area (Å²) in [5.41, 5.74) is 0. The van der Waals surface area contributed by atoms with Crippen LogP contribution in [-0.4, -0.2) is 41.5 Å². The van der Waals surface area contributed by atoms with E-state index in [0.29, 0.717) is 0 Å². The summed E-state index contributed by atoms with van der Waals surface area (Å²) in [7, 11) is 3.85. The topological polar surface area (TPSA) is 39.1 Å². The van der Waals surface area contributed by atoms with E-state index >= 15 is 0 Å². The van der Waals surface area contributed by atoms with Crippen LogP contribution in [0.25, 0.3) is 0 Å². The Hall–Kier alpha value is -1.19. The first kappa shape index (κ1) is 6.92. The lowest BCUT2D eigenvalue weighted by Gasteiger charge is -2.22. The molecule has 0 aromatic heterocycles. The van der Waals surface area contributed by atoms with E-state index in [9.17, 15) is 0 Å². The number of nitrogens with zero attached hydrogens (tertiary/aromatic N) is 3. The van der Waals surface area contributed by atoms with E-state index in [4.69, 9.17) is 5.21 Å². The van der Waals surface area contributed by atoms with Crippen LogP contribution < -0.4 is 0 Å². The SMILES string of the molecule is CN1C=CN(C)C1/C=N\O. The maximum absolute atomic E-state index is 8.25. The van der Waals surface area contributed by atoms with E-state index in [-0.39, 0.29) is 6.17 Å². The summed E-state index contributed by atoms with van der Waals surface area (Å²) in [6, 6.07) is 0. The van der Waals surface area contributed by atoms with Gasteiger partial charge in [0.15, 0.2) is 0 Å². The van der Waals surface area contributed by atoms with E-state index in [1.807, 2.05) is 36.3 Å². The first-order chi connectivity index (χ1) is 4.75. The zero-order valence-electron chi connectivity index (χ0n) is 6.10. The Balaban J connectivity index is 2.60. The molecule has 1 N–H and O–H groups in total. The Labute approximate surface area is 60.0 Å². The van der Waals surface area contributed by atoms with Crippen LogP contribution in [0.2, 0.25) is 0 Å². The molecule has 1 aliphatic rings. The van der Waals surface area contributed by atoms with Crippen molar-refractivity contribution in [2.75, 3.05) is 14.1 Å². The smallest absolute Gasteiger partial charge is 0.140 e. The molecule has 0 radical (unpaired) electrons. The molecule has 4 nitrogen and oxygen atoms in total. The third-order valence-corrected chi connectivity index (χ3v) is 1.57. The van der Waals surface area contributed by atoms with E-state index in [1.165, 1.54) is 6.21 Å². The first-order valence-corrected chi connectivity index (χ1v) is 3.05. The van der Waals surface area contributed by atoms with Gasteiger partial charge in [0.25, 0.3) is 0 Å². The van der Waals surface area contributed by atoms with Gasteiger partial charge in [-0.1, -0.05) is 5.16 Å². The molecule has 0 aliphatic carbocycles. The van der Waals surface area contributed by atoms with Crippen LogP contribution in [0.1, 0.15) is 0 Å². The second kappa shape index (κ2) is 2.60. The molecule has 0 saturated carbocycles. The third kappa shape index (κ3) is 1.05. The molecule has 56 valence electrons. The lowest BCUT2D eigenvalue weighted by Crippen LogP contribution is -2.35. The van der Waals surface area contributed by atoms with Gasteiger partial charge < -0.3 is 15.0 Å². The van der Waals surface area contributed by atoms with Crippen molar-refractivity contribution in [2.45, 2.75) is 6.17 Å². The molecule has 1 rings (SSSR count). The molecule has 0 fully saturated rings. The van der Waals surface area contributed by atoms with Crippen LogP contribution in [0.15, 0.2) is 17.6 Å². The molecule has 1 heterocycles. The van der Waals surface area contributed by atoms with Crippen LogP contribution in [0.5, 0.6) is 0 Å². The van der Waals surface area contributed by atoms with Gasteiger partial charge >= 0.3 is 0 Å². The highest BCUT2D eigenvalue weighted by molar-refractivity contribution is 5.64. The molecule has 0 amide bonds. The Morgan fingerprint density at radius 1 is 1.40 bits per heavy atom. The maximum atomic E-state index is 8.25. The van der Waals surface area contributed by atoms with Gasteiger partial charge in [0, 0.05) is 26.5 Å². The average Bonchev–Trinajstić information content (AvgIpc) is 2.20. The molecule has 0 bridgehead atoms. The van der Waals surface area contributed by atoms with E-state index in [0.717, 1.165) is 0 Å². The lowest BCUT2D eigenvalue weighted by atomic mass is 10.5. The van der Waals surface area contributed by atoms with Gasteiger partial charge in [-0.05, 0) is 0 Å². The van der Waals surface area contributed by atoms with Crippen LogP contribution in [0.3, 0.4) is 0 Å². The standard InChI is InChI=1S/C6H11N3O/c1-8-3-4-9(2)6(8)5-7-10/h3-6,10H,1-2H3/b7-5-. The second-order valence-electron chi connectivity index (χ2n) is 2.31. The predicted molar refractivity (Wildman–Crippen MR) is 38.7 cm³/mol. The van der Waals surface area contributed by atoms with Crippen molar-refractivity contribution in [2.24, 2.45) is 5.16 Å². The van der Waals surface area contributed by atoms with E-state index < -0.39 is 0 Å². The largest absolute Gasteiger partial charge is 0.411 e. The van der Waals surface area contributed by atoms with Crippen molar-refractivity contribution in [3.8, 4) is 0 Å². The second-order valence-corrected chi connectivity index (χ2v) is 2.31.